The van der Waals surface area contributed by atoms with Crippen LogP contribution < -0.4 is 5.32 Å². The fourth-order valence-corrected chi connectivity index (χ4v) is 2.19. The highest BCUT2D eigenvalue weighted by Crippen LogP contribution is 2.09. The average Bonchev–Trinajstić information content (AvgIpc) is 2.55. The van der Waals surface area contributed by atoms with Crippen molar-refractivity contribution < 1.29 is 14.3 Å². The summed E-state index contributed by atoms with van der Waals surface area (Å²) in [5, 5.41) is 2.71. The largest absolute Gasteiger partial charge is 0.467 e. The fraction of sp³-hybridized carbons (Fsp3) is 0.176. The van der Waals surface area contributed by atoms with E-state index in [0.717, 1.165) is 10.5 Å². The second-order valence-electron chi connectivity index (χ2n) is 4.79. The highest BCUT2D eigenvalue weighted by Gasteiger charge is 2.22. The van der Waals surface area contributed by atoms with Crippen molar-refractivity contribution in [1.29, 1.82) is 0 Å². The van der Waals surface area contributed by atoms with E-state index in [0.29, 0.717) is 12.0 Å². The van der Waals surface area contributed by atoms with Crippen molar-refractivity contribution in [1.82, 2.24) is 5.32 Å². The third kappa shape index (κ3) is 4.36. The van der Waals surface area contributed by atoms with Crippen LogP contribution >= 0.6 is 12.6 Å². The van der Waals surface area contributed by atoms with Crippen molar-refractivity contribution in [3.8, 4) is 0 Å². The molecule has 0 saturated heterocycles. The lowest BCUT2D eigenvalue weighted by Crippen LogP contribution is -2.43. The number of hydrogen-bond acceptors (Lipinski definition) is 4. The Bertz CT molecular complexity index is 641. The summed E-state index contributed by atoms with van der Waals surface area (Å²) in [6, 6.07) is 15.5. The molecule has 1 atom stereocenters. The van der Waals surface area contributed by atoms with Crippen LogP contribution in [0.2, 0.25) is 0 Å². The fourth-order valence-electron chi connectivity index (χ4n) is 2.04. The Morgan fingerprint density at radius 2 is 1.73 bits per heavy atom. The van der Waals surface area contributed by atoms with E-state index < -0.39 is 12.0 Å². The zero-order valence-electron chi connectivity index (χ0n) is 12.2. The molecule has 0 heterocycles. The van der Waals surface area contributed by atoms with E-state index in [-0.39, 0.29) is 5.91 Å². The molecule has 5 heteroatoms. The summed E-state index contributed by atoms with van der Waals surface area (Å²) in [6.07, 6.45) is 0.379. The molecule has 1 unspecified atom stereocenters. The number of amides is 1. The highest BCUT2D eigenvalue weighted by atomic mass is 32.1. The first kappa shape index (κ1) is 16.1. The van der Waals surface area contributed by atoms with Gasteiger partial charge < -0.3 is 10.1 Å². The third-order valence-corrected chi connectivity index (χ3v) is 3.50. The molecule has 114 valence electrons. The zero-order chi connectivity index (χ0) is 15.9. The smallest absolute Gasteiger partial charge is 0.328 e. The van der Waals surface area contributed by atoms with Gasteiger partial charge in [-0.1, -0.05) is 30.3 Å². The lowest BCUT2D eigenvalue weighted by atomic mass is 10.1. The van der Waals surface area contributed by atoms with Gasteiger partial charge in [-0.05, 0) is 29.8 Å². The number of nitrogens with one attached hydrogen (secondary N) is 1. The van der Waals surface area contributed by atoms with Gasteiger partial charge in [-0.15, -0.1) is 12.6 Å². The van der Waals surface area contributed by atoms with Crippen molar-refractivity contribution in [2.45, 2.75) is 17.4 Å². The summed E-state index contributed by atoms with van der Waals surface area (Å²) in [5.41, 5.74) is 1.42. The minimum Gasteiger partial charge on any atom is -0.467 e. The summed E-state index contributed by atoms with van der Waals surface area (Å²) in [4.78, 5) is 24.9. The summed E-state index contributed by atoms with van der Waals surface area (Å²) in [6.45, 7) is 0. The number of benzene rings is 2. The van der Waals surface area contributed by atoms with E-state index in [1.54, 1.807) is 24.3 Å². The van der Waals surface area contributed by atoms with Crippen LogP contribution in [0, 0.1) is 0 Å². The summed E-state index contributed by atoms with van der Waals surface area (Å²) in [5.74, 6) is -0.789. The van der Waals surface area contributed by atoms with Gasteiger partial charge in [-0.3, -0.25) is 4.79 Å². The maximum Gasteiger partial charge on any atom is 0.328 e. The van der Waals surface area contributed by atoms with Gasteiger partial charge in [0.25, 0.3) is 5.91 Å². The normalized spacial score (nSPS) is 11.5. The molecule has 0 spiro atoms. The Morgan fingerprint density at radius 3 is 2.32 bits per heavy atom. The van der Waals surface area contributed by atoms with Crippen LogP contribution in [0.1, 0.15) is 15.9 Å². The lowest BCUT2D eigenvalue weighted by Gasteiger charge is -2.16. The van der Waals surface area contributed by atoms with Crippen LogP contribution in [0.4, 0.5) is 0 Å². The Kier molecular flexibility index (Phi) is 5.61. The van der Waals surface area contributed by atoms with Crippen LogP contribution in [0.15, 0.2) is 59.5 Å². The number of rotatable bonds is 5. The van der Waals surface area contributed by atoms with E-state index in [4.69, 9.17) is 4.74 Å². The van der Waals surface area contributed by atoms with E-state index in [9.17, 15) is 9.59 Å². The topological polar surface area (TPSA) is 55.4 Å². The van der Waals surface area contributed by atoms with Crippen molar-refractivity contribution in [2.75, 3.05) is 7.11 Å². The molecular formula is C17H17NO3S. The minimum absolute atomic E-state index is 0.320. The number of methoxy groups -OCH3 is 1. The van der Waals surface area contributed by atoms with Gasteiger partial charge in [0, 0.05) is 16.9 Å². The van der Waals surface area contributed by atoms with E-state index in [2.05, 4.69) is 17.9 Å². The van der Waals surface area contributed by atoms with Crippen molar-refractivity contribution in [3.05, 3.63) is 65.7 Å². The zero-order valence-corrected chi connectivity index (χ0v) is 13.0. The molecule has 0 aliphatic heterocycles. The average molecular weight is 315 g/mol. The molecule has 1 amide bonds. The number of thiol groups is 1. The quantitative estimate of drug-likeness (QED) is 0.658. The van der Waals surface area contributed by atoms with Gasteiger partial charge in [0.1, 0.15) is 6.04 Å². The predicted octanol–water partition coefficient (Wildman–Crippen LogP) is 2.49. The molecule has 1 N–H and O–H groups in total. The van der Waals surface area contributed by atoms with Gasteiger partial charge >= 0.3 is 5.97 Å². The first-order valence-corrected chi connectivity index (χ1v) is 7.26. The van der Waals surface area contributed by atoms with Gasteiger partial charge in [0.2, 0.25) is 0 Å². The first-order valence-electron chi connectivity index (χ1n) is 6.82. The van der Waals surface area contributed by atoms with Gasteiger partial charge in [0.15, 0.2) is 0 Å². The molecule has 4 nitrogen and oxygen atoms in total. The predicted molar refractivity (Wildman–Crippen MR) is 87.1 cm³/mol. The standard InChI is InChI=1S/C17H17NO3S/c1-21-17(20)15(11-12-5-3-2-4-6-12)18-16(19)13-7-9-14(22)10-8-13/h2-10,15,22H,11H2,1H3,(H,18,19). The van der Waals surface area contributed by atoms with Crippen molar-refractivity contribution in [2.24, 2.45) is 0 Å². The van der Waals surface area contributed by atoms with Crippen LogP contribution in [-0.2, 0) is 16.0 Å². The molecule has 2 aromatic carbocycles. The van der Waals surface area contributed by atoms with Crippen LogP contribution in [0.25, 0.3) is 0 Å². The molecule has 0 aliphatic rings. The molecule has 0 bridgehead atoms. The number of carbonyl (C=O) groups is 2. The van der Waals surface area contributed by atoms with E-state index >= 15 is 0 Å². The number of hydrogen-bond donors (Lipinski definition) is 2. The monoisotopic (exact) mass is 315 g/mol. The molecular weight excluding hydrogens is 298 g/mol. The molecule has 0 aromatic heterocycles. The lowest BCUT2D eigenvalue weighted by molar-refractivity contribution is -0.142. The Hall–Kier alpha value is -2.27. The Morgan fingerprint density at radius 1 is 1.09 bits per heavy atom. The summed E-state index contributed by atoms with van der Waals surface area (Å²) >= 11 is 4.18. The first-order chi connectivity index (χ1) is 10.6. The maximum atomic E-state index is 12.2. The molecule has 22 heavy (non-hydrogen) atoms. The number of ether oxygens (including phenoxy) is 1. The van der Waals surface area contributed by atoms with Gasteiger partial charge in [-0.2, -0.15) is 0 Å². The van der Waals surface area contributed by atoms with E-state index in [1.165, 1.54) is 7.11 Å². The second-order valence-corrected chi connectivity index (χ2v) is 5.30. The molecule has 2 rings (SSSR count). The number of esters is 1. The van der Waals surface area contributed by atoms with Crippen LogP contribution in [0.3, 0.4) is 0 Å². The summed E-state index contributed by atoms with van der Waals surface area (Å²) < 4.78 is 4.77. The minimum atomic E-state index is -0.726. The van der Waals surface area contributed by atoms with E-state index in [1.807, 2.05) is 30.3 Å². The molecule has 0 aliphatic carbocycles. The molecule has 0 fully saturated rings. The highest BCUT2D eigenvalue weighted by molar-refractivity contribution is 7.80. The van der Waals surface area contributed by atoms with Crippen molar-refractivity contribution in [3.63, 3.8) is 0 Å². The van der Waals surface area contributed by atoms with Crippen LogP contribution in [-0.4, -0.2) is 25.0 Å². The second kappa shape index (κ2) is 7.66. The SMILES string of the molecule is COC(=O)C(Cc1ccccc1)NC(=O)c1ccc(S)cc1. The third-order valence-electron chi connectivity index (χ3n) is 3.20. The Labute approximate surface area is 134 Å². The maximum absolute atomic E-state index is 12.2. The molecule has 2 aromatic rings. The molecule has 0 saturated carbocycles. The van der Waals surface area contributed by atoms with Crippen molar-refractivity contribution >= 4 is 24.5 Å². The number of carbonyl (C=O) groups excluding carboxylic acids is 2. The van der Waals surface area contributed by atoms with Gasteiger partial charge in [0.05, 0.1) is 7.11 Å². The van der Waals surface area contributed by atoms with Crippen LogP contribution in [0.5, 0.6) is 0 Å². The molecule has 0 radical (unpaired) electrons. The van der Waals surface area contributed by atoms with Gasteiger partial charge in [-0.25, -0.2) is 4.79 Å². The Balaban J connectivity index is 2.11. The summed E-state index contributed by atoms with van der Waals surface area (Å²) in [7, 11) is 1.31.